The summed E-state index contributed by atoms with van der Waals surface area (Å²) in [5.41, 5.74) is 0.468. The highest BCUT2D eigenvalue weighted by molar-refractivity contribution is 7.99. The first-order chi connectivity index (χ1) is 12.6. The Bertz CT molecular complexity index is 797. The van der Waals surface area contributed by atoms with Crippen molar-refractivity contribution in [2.45, 2.75) is 43.8 Å². The van der Waals surface area contributed by atoms with E-state index < -0.39 is 0 Å². The monoisotopic (exact) mass is 374 g/mol. The number of hydrogen-bond acceptors (Lipinski definition) is 4. The highest BCUT2D eigenvalue weighted by atomic mass is 32.2. The third-order valence-corrected chi connectivity index (χ3v) is 6.08. The SMILES string of the molecule is CC1CCN(C(=O)CSc2nnc(-c3ccccc3F)n2C2CC2)CC1. The average molecular weight is 374 g/mol. The Labute approximate surface area is 157 Å². The minimum atomic E-state index is -0.295. The van der Waals surface area contributed by atoms with Gasteiger partial charge in [0.1, 0.15) is 5.82 Å². The normalized spacial score (nSPS) is 18.3. The molecule has 0 bridgehead atoms. The van der Waals surface area contributed by atoms with Crippen molar-refractivity contribution in [2.75, 3.05) is 18.8 Å². The van der Waals surface area contributed by atoms with E-state index in [1.165, 1.54) is 17.8 Å². The van der Waals surface area contributed by atoms with Gasteiger partial charge in [-0.3, -0.25) is 9.36 Å². The number of piperidine rings is 1. The summed E-state index contributed by atoms with van der Waals surface area (Å²) in [6.07, 6.45) is 4.24. The molecule has 1 aliphatic carbocycles. The molecule has 1 aliphatic heterocycles. The Balaban J connectivity index is 1.49. The van der Waals surface area contributed by atoms with Gasteiger partial charge in [-0.15, -0.1) is 10.2 Å². The largest absolute Gasteiger partial charge is 0.342 e. The van der Waals surface area contributed by atoms with Crippen LogP contribution in [0, 0.1) is 11.7 Å². The van der Waals surface area contributed by atoms with Gasteiger partial charge in [-0.05, 0) is 43.7 Å². The molecule has 2 aromatic rings. The molecule has 138 valence electrons. The molecule has 0 N–H and O–H groups in total. The number of nitrogens with zero attached hydrogens (tertiary/aromatic N) is 4. The maximum Gasteiger partial charge on any atom is 0.233 e. The van der Waals surface area contributed by atoms with Gasteiger partial charge in [-0.25, -0.2) is 4.39 Å². The summed E-state index contributed by atoms with van der Waals surface area (Å²) < 4.78 is 16.2. The summed E-state index contributed by atoms with van der Waals surface area (Å²) >= 11 is 1.41. The molecule has 0 unspecified atom stereocenters. The number of halogens is 1. The number of aromatic nitrogens is 3. The third kappa shape index (κ3) is 3.63. The van der Waals surface area contributed by atoms with E-state index in [4.69, 9.17) is 0 Å². The maximum atomic E-state index is 14.2. The van der Waals surface area contributed by atoms with Crippen molar-refractivity contribution in [1.82, 2.24) is 19.7 Å². The topological polar surface area (TPSA) is 51.0 Å². The predicted octanol–water partition coefficient (Wildman–Crippen LogP) is 3.77. The Morgan fingerprint density at radius 3 is 2.62 bits per heavy atom. The molecule has 2 heterocycles. The van der Waals surface area contributed by atoms with Gasteiger partial charge in [-0.2, -0.15) is 0 Å². The summed E-state index contributed by atoms with van der Waals surface area (Å²) in [4.78, 5) is 14.4. The maximum absolute atomic E-state index is 14.2. The Morgan fingerprint density at radius 1 is 1.19 bits per heavy atom. The molecule has 0 atom stereocenters. The lowest BCUT2D eigenvalue weighted by Gasteiger charge is -2.30. The van der Waals surface area contributed by atoms with Gasteiger partial charge in [0.2, 0.25) is 5.91 Å². The number of amides is 1. The number of benzene rings is 1. The smallest absolute Gasteiger partial charge is 0.233 e. The molecule has 26 heavy (non-hydrogen) atoms. The molecule has 0 radical (unpaired) electrons. The van der Waals surface area contributed by atoms with Gasteiger partial charge in [0.05, 0.1) is 11.3 Å². The fourth-order valence-electron chi connectivity index (χ4n) is 3.34. The van der Waals surface area contributed by atoms with Crippen LogP contribution in [0.2, 0.25) is 0 Å². The number of hydrogen-bond donors (Lipinski definition) is 0. The van der Waals surface area contributed by atoms with Crippen molar-refractivity contribution in [1.29, 1.82) is 0 Å². The molecule has 1 aromatic carbocycles. The van der Waals surface area contributed by atoms with Crippen LogP contribution < -0.4 is 0 Å². The molecular weight excluding hydrogens is 351 g/mol. The fraction of sp³-hybridized carbons (Fsp3) is 0.526. The van der Waals surface area contributed by atoms with Crippen molar-refractivity contribution in [3.8, 4) is 11.4 Å². The highest BCUT2D eigenvalue weighted by Crippen LogP contribution is 2.41. The third-order valence-electron chi connectivity index (χ3n) is 5.15. The van der Waals surface area contributed by atoms with Crippen LogP contribution in [0.4, 0.5) is 4.39 Å². The Hall–Kier alpha value is -1.89. The van der Waals surface area contributed by atoms with Gasteiger partial charge in [-0.1, -0.05) is 30.8 Å². The van der Waals surface area contributed by atoms with E-state index in [0.717, 1.165) is 38.8 Å². The van der Waals surface area contributed by atoms with Crippen LogP contribution >= 0.6 is 11.8 Å². The van der Waals surface area contributed by atoms with Crippen LogP contribution in [0.5, 0.6) is 0 Å². The lowest BCUT2D eigenvalue weighted by molar-refractivity contribution is -0.129. The predicted molar refractivity (Wildman–Crippen MR) is 99.4 cm³/mol. The average Bonchev–Trinajstić information content (AvgIpc) is 3.40. The van der Waals surface area contributed by atoms with Crippen molar-refractivity contribution in [3.63, 3.8) is 0 Å². The van der Waals surface area contributed by atoms with Crippen LogP contribution in [-0.2, 0) is 4.79 Å². The standard InChI is InChI=1S/C19H23FN4OS/c1-13-8-10-23(11-9-13)17(25)12-26-19-22-21-18(24(19)14-6-7-14)15-4-2-3-5-16(15)20/h2-5,13-14H,6-12H2,1H3. The van der Waals surface area contributed by atoms with E-state index >= 15 is 0 Å². The summed E-state index contributed by atoms with van der Waals surface area (Å²) in [7, 11) is 0. The lowest BCUT2D eigenvalue weighted by atomic mass is 9.99. The van der Waals surface area contributed by atoms with E-state index in [-0.39, 0.29) is 11.7 Å². The van der Waals surface area contributed by atoms with Gasteiger partial charge in [0, 0.05) is 19.1 Å². The summed E-state index contributed by atoms with van der Waals surface area (Å²) in [5, 5.41) is 9.21. The van der Waals surface area contributed by atoms with Crippen molar-refractivity contribution < 1.29 is 9.18 Å². The number of carbonyl (C=O) groups is 1. The van der Waals surface area contributed by atoms with Crippen molar-refractivity contribution >= 4 is 17.7 Å². The Morgan fingerprint density at radius 2 is 1.92 bits per heavy atom. The molecule has 5 nitrogen and oxygen atoms in total. The highest BCUT2D eigenvalue weighted by Gasteiger charge is 2.31. The van der Waals surface area contributed by atoms with Crippen LogP contribution in [-0.4, -0.2) is 44.4 Å². The van der Waals surface area contributed by atoms with Gasteiger partial charge >= 0.3 is 0 Å². The van der Waals surface area contributed by atoms with Crippen LogP contribution in [0.1, 0.15) is 38.6 Å². The van der Waals surface area contributed by atoms with Crippen molar-refractivity contribution in [2.24, 2.45) is 5.92 Å². The zero-order valence-corrected chi connectivity index (χ0v) is 15.7. The summed E-state index contributed by atoms with van der Waals surface area (Å²) in [5.74, 6) is 1.48. The lowest BCUT2D eigenvalue weighted by Crippen LogP contribution is -2.38. The second-order valence-corrected chi connectivity index (χ2v) is 8.18. The molecule has 4 rings (SSSR count). The van der Waals surface area contributed by atoms with E-state index in [0.29, 0.717) is 34.3 Å². The number of thioether (sulfide) groups is 1. The molecule has 2 fully saturated rings. The van der Waals surface area contributed by atoms with Gasteiger partial charge < -0.3 is 4.90 Å². The number of rotatable bonds is 5. The number of likely N-dealkylation sites (tertiary alicyclic amines) is 1. The first kappa shape index (κ1) is 17.5. The molecule has 0 spiro atoms. The van der Waals surface area contributed by atoms with Gasteiger partial charge in [0.15, 0.2) is 11.0 Å². The first-order valence-corrected chi connectivity index (χ1v) is 10.2. The summed E-state index contributed by atoms with van der Waals surface area (Å²) in [6.45, 7) is 3.92. The zero-order chi connectivity index (χ0) is 18.1. The zero-order valence-electron chi connectivity index (χ0n) is 14.9. The Kier molecular flexibility index (Phi) is 4.98. The molecular formula is C19H23FN4OS. The van der Waals surface area contributed by atoms with E-state index in [1.54, 1.807) is 18.2 Å². The van der Waals surface area contributed by atoms with Crippen LogP contribution in [0.25, 0.3) is 11.4 Å². The van der Waals surface area contributed by atoms with Crippen molar-refractivity contribution in [3.05, 3.63) is 30.1 Å². The molecule has 1 amide bonds. The van der Waals surface area contributed by atoms with E-state index in [9.17, 15) is 9.18 Å². The fourth-order valence-corrected chi connectivity index (χ4v) is 4.25. The van der Waals surface area contributed by atoms with Crippen LogP contribution in [0.15, 0.2) is 29.4 Å². The first-order valence-electron chi connectivity index (χ1n) is 9.24. The van der Waals surface area contributed by atoms with E-state index in [2.05, 4.69) is 17.1 Å². The minimum Gasteiger partial charge on any atom is -0.342 e. The van der Waals surface area contributed by atoms with E-state index in [1.807, 2.05) is 9.47 Å². The molecule has 2 aliphatic rings. The summed E-state index contributed by atoms with van der Waals surface area (Å²) in [6, 6.07) is 6.96. The number of carbonyl (C=O) groups excluding carboxylic acids is 1. The molecule has 1 saturated carbocycles. The molecule has 1 aromatic heterocycles. The molecule has 1 saturated heterocycles. The van der Waals surface area contributed by atoms with Gasteiger partial charge in [0.25, 0.3) is 0 Å². The second kappa shape index (κ2) is 7.39. The second-order valence-electron chi connectivity index (χ2n) is 7.24. The quantitative estimate of drug-likeness (QED) is 0.748. The minimum absolute atomic E-state index is 0.152. The van der Waals surface area contributed by atoms with Crippen LogP contribution in [0.3, 0.4) is 0 Å². The molecule has 7 heteroatoms.